The molecule has 0 aliphatic heterocycles. The quantitative estimate of drug-likeness (QED) is 0.845. The van der Waals surface area contributed by atoms with Gasteiger partial charge in [0.25, 0.3) is 5.91 Å². The third-order valence-electron chi connectivity index (χ3n) is 3.07. The van der Waals surface area contributed by atoms with Crippen molar-refractivity contribution >= 4 is 29.7 Å². The SMILES string of the molecule is COc1ccc(C)cc1CCNC(=O)c1csc(CN)n1.Cl. The van der Waals surface area contributed by atoms with E-state index in [9.17, 15) is 4.79 Å². The summed E-state index contributed by atoms with van der Waals surface area (Å²) < 4.78 is 5.32. The van der Waals surface area contributed by atoms with Gasteiger partial charge < -0.3 is 15.8 Å². The van der Waals surface area contributed by atoms with Crippen molar-refractivity contribution in [1.29, 1.82) is 0 Å². The maximum Gasteiger partial charge on any atom is 0.270 e. The number of nitrogens with two attached hydrogens (primary N) is 1. The summed E-state index contributed by atoms with van der Waals surface area (Å²) in [5, 5.41) is 5.36. The van der Waals surface area contributed by atoms with Gasteiger partial charge >= 0.3 is 0 Å². The molecule has 7 heteroatoms. The lowest BCUT2D eigenvalue weighted by Gasteiger charge is -2.10. The van der Waals surface area contributed by atoms with Crippen molar-refractivity contribution < 1.29 is 9.53 Å². The molecule has 0 atom stereocenters. The zero-order chi connectivity index (χ0) is 15.2. The van der Waals surface area contributed by atoms with Gasteiger partial charge in [0.05, 0.1) is 7.11 Å². The third kappa shape index (κ3) is 4.69. The molecule has 2 rings (SSSR count). The normalized spacial score (nSPS) is 9.95. The predicted molar refractivity (Wildman–Crippen MR) is 91.0 cm³/mol. The smallest absolute Gasteiger partial charge is 0.270 e. The Morgan fingerprint density at radius 3 is 2.86 bits per heavy atom. The van der Waals surface area contributed by atoms with Crippen LogP contribution in [0, 0.1) is 6.92 Å². The minimum Gasteiger partial charge on any atom is -0.496 e. The molecule has 22 heavy (non-hydrogen) atoms. The van der Waals surface area contributed by atoms with Gasteiger partial charge in [-0.3, -0.25) is 4.79 Å². The van der Waals surface area contributed by atoms with Gasteiger partial charge in [-0.25, -0.2) is 4.98 Å². The van der Waals surface area contributed by atoms with Crippen molar-refractivity contribution in [2.45, 2.75) is 19.9 Å². The number of ether oxygens (including phenoxy) is 1. The van der Waals surface area contributed by atoms with Crippen LogP contribution in [0.1, 0.15) is 26.6 Å². The lowest BCUT2D eigenvalue weighted by molar-refractivity contribution is 0.0949. The standard InChI is InChI=1S/C15H19N3O2S.ClH/c1-10-3-4-13(20-2)11(7-10)5-6-17-15(19)12-9-21-14(8-16)18-12;/h3-4,7,9H,5-6,8,16H2,1-2H3,(H,17,19);1H. The number of rotatable bonds is 6. The van der Waals surface area contributed by atoms with Crippen molar-refractivity contribution in [3.63, 3.8) is 0 Å². The fourth-order valence-electron chi connectivity index (χ4n) is 2.01. The van der Waals surface area contributed by atoms with Gasteiger partial charge in [0, 0.05) is 18.5 Å². The maximum atomic E-state index is 11.9. The molecule has 0 radical (unpaired) electrons. The van der Waals surface area contributed by atoms with E-state index in [-0.39, 0.29) is 18.3 Å². The topological polar surface area (TPSA) is 77.2 Å². The summed E-state index contributed by atoms with van der Waals surface area (Å²) in [4.78, 5) is 16.1. The molecule has 0 spiro atoms. The molecule has 1 heterocycles. The number of carbonyl (C=O) groups excluding carboxylic acids is 1. The van der Waals surface area contributed by atoms with Crippen LogP contribution in [0.15, 0.2) is 23.6 Å². The van der Waals surface area contributed by atoms with Crippen LogP contribution < -0.4 is 15.8 Å². The lowest BCUT2D eigenvalue weighted by Crippen LogP contribution is -2.26. The fraction of sp³-hybridized carbons (Fsp3) is 0.333. The Labute approximate surface area is 140 Å². The summed E-state index contributed by atoms with van der Waals surface area (Å²) in [5.74, 6) is 0.673. The second-order valence-corrected chi connectivity index (χ2v) is 5.59. The number of halogens is 1. The number of thiazole rings is 1. The van der Waals surface area contributed by atoms with E-state index in [0.717, 1.165) is 16.3 Å². The van der Waals surface area contributed by atoms with E-state index in [4.69, 9.17) is 10.5 Å². The molecule has 0 aliphatic rings. The number of carbonyl (C=O) groups is 1. The highest BCUT2D eigenvalue weighted by atomic mass is 35.5. The summed E-state index contributed by atoms with van der Waals surface area (Å²) in [6, 6.07) is 6.02. The number of methoxy groups -OCH3 is 1. The number of hydrogen-bond donors (Lipinski definition) is 2. The van der Waals surface area contributed by atoms with Gasteiger partial charge in [-0.1, -0.05) is 17.7 Å². The summed E-state index contributed by atoms with van der Waals surface area (Å²) in [6.45, 7) is 2.93. The first-order chi connectivity index (χ1) is 10.1. The van der Waals surface area contributed by atoms with Crippen LogP contribution in [0.3, 0.4) is 0 Å². The van der Waals surface area contributed by atoms with E-state index < -0.39 is 0 Å². The first kappa shape index (κ1) is 18.4. The first-order valence-corrected chi connectivity index (χ1v) is 7.58. The van der Waals surface area contributed by atoms with Gasteiger partial charge in [0.2, 0.25) is 0 Å². The molecular formula is C15H20ClN3O2S. The molecule has 0 unspecified atom stereocenters. The molecule has 1 aromatic carbocycles. The van der Waals surface area contributed by atoms with Crippen LogP contribution in [0.2, 0.25) is 0 Å². The zero-order valence-electron chi connectivity index (χ0n) is 12.6. The van der Waals surface area contributed by atoms with Crippen molar-refractivity contribution in [1.82, 2.24) is 10.3 Å². The molecule has 1 amide bonds. The van der Waals surface area contributed by atoms with Gasteiger partial charge in [-0.15, -0.1) is 23.7 Å². The molecule has 120 valence electrons. The van der Waals surface area contributed by atoms with Crippen molar-refractivity contribution in [3.05, 3.63) is 45.4 Å². The van der Waals surface area contributed by atoms with Crippen molar-refractivity contribution in [2.75, 3.05) is 13.7 Å². The van der Waals surface area contributed by atoms with Gasteiger partial charge in [-0.05, 0) is 25.0 Å². The molecule has 3 N–H and O–H groups in total. The fourth-order valence-corrected chi connectivity index (χ4v) is 2.67. The molecule has 0 aliphatic carbocycles. The lowest BCUT2D eigenvalue weighted by atomic mass is 10.1. The van der Waals surface area contributed by atoms with Crippen molar-refractivity contribution in [3.8, 4) is 5.75 Å². The highest BCUT2D eigenvalue weighted by Crippen LogP contribution is 2.19. The second-order valence-electron chi connectivity index (χ2n) is 4.65. The average molecular weight is 342 g/mol. The summed E-state index contributed by atoms with van der Waals surface area (Å²) in [5.41, 5.74) is 8.17. The molecule has 0 saturated heterocycles. The molecule has 0 fully saturated rings. The third-order valence-corrected chi connectivity index (χ3v) is 3.95. The molecule has 5 nitrogen and oxygen atoms in total. The number of aryl methyl sites for hydroxylation is 1. The minimum absolute atomic E-state index is 0. The molecular weight excluding hydrogens is 322 g/mol. The van der Waals surface area contributed by atoms with E-state index in [2.05, 4.69) is 16.4 Å². The number of nitrogens with one attached hydrogen (secondary N) is 1. The van der Waals surface area contributed by atoms with Gasteiger partial charge in [0.1, 0.15) is 16.5 Å². The van der Waals surface area contributed by atoms with E-state index in [1.165, 1.54) is 16.9 Å². The number of aromatic nitrogens is 1. The Kier molecular flexibility index (Phi) is 7.31. The Hall–Kier alpha value is -1.63. The number of benzene rings is 1. The largest absolute Gasteiger partial charge is 0.496 e. The summed E-state index contributed by atoms with van der Waals surface area (Å²) >= 11 is 1.40. The average Bonchev–Trinajstić information content (AvgIpc) is 2.96. The van der Waals surface area contributed by atoms with Gasteiger partial charge in [0.15, 0.2) is 0 Å². The van der Waals surface area contributed by atoms with E-state index in [0.29, 0.717) is 25.2 Å². The van der Waals surface area contributed by atoms with Crippen LogP contribution in [-0.2, 0) is 13.0 Å². The summed E-state index contributed by atoms with van der Waals surface area (Å²) in [6.07, 6.45) is 0.713. The second kappa shape index (κ2) is 8.73. The minimum atomic E-state index is -0.169. The first-order valence-electron chi connectivity index (χ1n) is 6.70. The molecule has 1 aromatic heterocycles. The van der Waals surface area contributed by atoms with E-state index in [1.807, 2.05) is 19.1 Å². The number of nitrogens with zero attached hydrogens (tertiary/aromatic N) is 1. The Morgan fingerprint density at radius 1 is 1.45 bits per heavy atom. The highest BCUT2D eigenvalue weighted by Gasteiger charge is 2.10. The van der Waals surface area contributed by atoms with Crippen LogP contribution in [-0.4, -0.2) is 24.5 Å². The van der Waals surface area contributed by atoms with Crippen LogP contribution >= 0.6 is 23.7 Å². The number of amides is 1. The molecule has 0 bridgehead atoms. The van der Waals surface area contributed by atoms with Crippen LogP contribution in [0.5, 0.6) is 5.75 Å². The molecule has 2 aromatic rings. The maximum absolute atomic E-state index is 11.9. The Bertz CT molecular complexity index is 631. The number of hydrogen-bond acceptors (Lipinski definition) is 5. The van der Waals surface area contributed by atoms with Crippen molar-refractivity contribution in [2.24, 2.45) is 5.73 Å². The van der Waals surface area contributed by atoms with Crippen LogP contribution in [0.25, 0.3) is 0 Å². The van der Waals surface area contributed by atoms with Gasteiger partial charge in [-0.2, -0.15) is 0 Å². The van der Waals surface area contributed by atoms with E-state index in [1.54, 1.807) is 12.5 Å². The van der Waals surface area contributed by atoms with E-state index >= 15 is 0 Å². The highest BCUT2D eigenvalue weighted by molar-refractivity contribution is 7.09. The van der Waals surface area contributed by atoms with Crippen LogP contribution in [0.4, 0.5) is 0 Å². The zero-order valence-corrected chi connectivity index (χ0v) is 14.2. The predicted octanol–water partition coefficient (Wildman–Crippen LogP) is 2.31. The Morgan fingerprint density at radius 2 is 2.23 bits per heavy atom. The monoisotopic (exact) mass is 341 g/mol. The summed E-state index contributed by atoms with van der Waals surface area (Å²) in [7, 11) is 1.65. The molecule has 0 saturated carbocycles. The Balaban J connectivity index is 0.00000242.